The van der Waals surface area contributed by atoms with Crippen molar-refractivity contribution in [3.05, 3.63) is 44.4 Å². The number of anilines is 1. The standard InChI is InChI=1S/C13H9BrN2O2S/c1-6-2-3-7-9(15)11(18-13(7)16-6)10(17)12-8(14)4-5-19-12/h2-5H,15H2,1H3. The van der Waals surface area contributed by atoms with Crippen LogP contribution in [0, 0.1) is 6.92 Å². The number of furan rings is 1. The molecule has 0 aliphatic carbocycles. The van der Waals surface area contributed by atoms with E-state index in [0.29, 0.717) is 21.7 Å². The SMILES string of the molecule is Cc1ccc2c(N)c(C(=O)c3sccc3Br)oc2n1. The molecule has 2 N–H and O–H groups in total. The number of rotatable bonds is 2. The van der Waals surface area contributed by atoms with Crippen molar-refractivity contribution in [3.8, 4) is 0 Å². The summed E-state index contributed by atoms with van der Waals surface area (Å²) in [7, 11) is 0. The molecule has 0 atom stereocenters. The Kier molecular flexibility index (Phi) is 2.91. The molecule has 0 aliphatic rings. The molecule has 0 radical (unpaired) electrons. The van der Waals surface area contributed by atoms with E-state index < -0.39 is 0 Å². The summed E-state index contributed by atoms with van der Waals surface area (Å²) in [5.41, 5.74) is 7.54. The van der Waals surface area contributed by atoms with Crippen LogP contribution in [0.2, 0.25) is 0 Å². The van der Waals surface area contributed by atoms with Gasteiger partial charge in [0.15, 0.2) is 0 Å². The monoisotopic (exact) mass is 336 g/mol. The third kappa shape index (κ3) is 1.97. The van der Waals surface area contributed by atoms with Crippen LogP contribution in [0.15, 0.2) is 32.5 Å². The zero-order valence-corrected chi connectivity index (χ0v) is 12.3. The third-order valence-corrected chi connectivity index (χ3v) is 4.60. The first kappa shape index (κ1) is 12.4. The van der Waals surface area contributed by atoms with Gasteiger partial charge in [0.25, 0.3) is 0 Å². The highest BCUT2D eigenvalue weighted by molar-refractivity contribution is 9.10. The highest BCUT2D eigenvalue weighted by Gasteiger charge is 2.23. The van der Waals surface area contributed by atoms with Gasteiger partial charge in [-0.15, -0.1) is 11.3 Å². The Morgan fingerprint density at radius 1 is 1.42 bits per heavy atom. The van der Waals surface area contributed by atoms with Crippen LogP contribution in [0.25, 0.3) is 11.1 Å². The number of fused-ring (bicyclic) bond motifs is 1. The van der Waals surface area contributed by atoms with E-state index in [0.717, 1.165) is 10.2 Å². The van der Waals surface area contributed by atoms with Crippen LogP contribution < -0.4 is 5.73 Å². The maximum Gasteiger partial charge on any atom is 0.241 e. The maximum absolute atomic E-state index is 12.4. The molecule has 96 valence electrons. The summed E-state index contributed by atoms with van der Waals surface area (Å²) in [5, 5.41) is 2.50. The minimum absolute atomic E-state index is 0.149. The summed E-state index contributed by atoms with van der Waals surface area (Å²) in [6, 6.07) is 5.47. The molecule has 19 heavy (non-hydrogen) atoms. The van der Waals surface area contributed by atoms with E-state index in [2.05, 4.69) is 20.9 Å². The number of pyridine rings is 1. The predicted molar refractivity (Wildman–Crippen MR) is 78.6 cm³/mol. The summed E-state index contributed by atoms with van der Waals surface area (Å²) >= 11 is 4.68. The molecule has 0 amide bonds. The first-order chi connectivity index (χ1) is 9.08. The Morgan fingerprint density at radius 3 is 2.89 bits per heavy atom. The molecule has 0 spiro atoms. The average Bonchev–Trinajstić information content (AvgIpc) is 2.93. The van der Waals surface area contributed by atoms with Crippen LogP contribution in [0.1, 0.15) is 21.1 Å². The fourth-order valence-corrected chi connectivity index (χ4v) is 3.31. The summed E-state index contributed by atoms with van der Waals surface area (Å²) in [4.78, 5) is 17.2. The van der Waals surface area contributed by atoms with Gasteiger partial charge in [-0.3, -0.25) is 4.79 Å². The number of aromatic nitrogens is 1. The Morgan fingerprint density at radius 2 is 2.21 bits per heavy atom. The van der Waals surface area contributed by atoms with Crippen LogP contribution in [-0.2, 0) is 0 Å². The number of halogens is 1. The second-order valence-electron chi connectivity index (χ2n) is 4.08. The summed E-state index contributed by atoms with van der Waals surface area (Å²) in [6.07, 6.45) is 0. The number of ketones is 1. The highest BCUT2D eigenvalue weighted by Crippen LogP contribution is 2.32. The highest BCUT2D eigenvalue weighted by atomic mass is 79.9. The van der Waals surface area contributed by atoms with E-state index >= 15 is 0 Å². The number of thiophene rings is 1. The predicted octanol–water partition coefficient (Wildman–Crippen LogP) is 3.77. The van der Waals surface area contributed by atoms with Gasteiger partial charge in [0.2, 0.25) is 17.3 Å². The van der Waals surface area contributed by atoms with E-state index in [1.165, 1.54) is 11.3 Å². The van der Waals surface area contributed by atoms with Gasteiger partial charge in [-0.05, 0) is 46.4 Å². The van der Waals surface area contributed by atoms with Gasteiger partial charge in [-0.1, -0.05) is 0 Å². The quantitative estimate of drug-likeness (QED) is 0.723. The van der Waals surface area contributed by atoms with Crippen molar-refractivity contribution in [2.45, 2.75) is 6.92 Å². The summed E-state index contributed by atoms with van der Waals surface area (Å²) in [6.45, 7) is 1.86. The first-order valence-corrected chi connectivity index (χ1v) is 7.18. The molecule has 3 aromatic rings. The normalized spacial score (nSPS) is 11.1. The number of hydrogen-bond donors (Lipinski definition) is 1. The fraction of sp³-hybridized carbons (Fsp3) is 0.0769. The molecule has 0 saturated heterocycles. The number of carbonyl (C=O) groups excluding carboxylic acids is 1. The van der Waals surface area contributed by atoms with Gasteiger partial charge in [-0.25, -0.2) is 4.98 Å². The second-order valence-corrected chi connectivity index (χ2v) is 5.85. The van der Waals surface area contributed by atoms with Crippen LogP contribution in [0.5, 0.6) is 0 Å². The molecule has 0 aliphatic heterocycles. The molecule has 4 nitrogen and oxygen atoms in total. The number of nitrogen functional groups attached to an aromatic ring is 1. The van der Waals surface area contributed by atoms with E-state index in [1.54, 1.807) is 0 Å². The number of aryl methyl sites for hydroxylation is 1. The van der Waals surface area contributed by atoms with E-state index in [4.69, 9.17) is 10.2 Å². The molecule has 0 aromatic carbocycles. The van der Waals surface area contributed by atoms with E-state index in [-0.39, 0.29) is 11.5 Å². The van der Waals surface area contributed by atoms with Crippen molar-refractivity contribution < 1.29 is 9.21 Å². The van der Waals surface area contributed by atoms with E-state index in [1.807, 2.05) is 30.5 Å². The first-order valence-electron chi connectivity index (χ1n) is 5.51. The average molecular weight is 337 g/mol. The number of carbonyl (C=O) groups is 1. The molecule has 3 rings (SSSR count). The lowest BCUT2D eigenvalue weighted by atomic mass is 10.2. The van der Waals surface area contributed by atoms with Crippen LogP contribution in [0.4, 0.5) is 5.69 Å². The smallest absolute Gasteiger partial charge is 0.241 e. The van der Waals surface area contributed by atoms with Crippen molar-refractivity contribution in [2.24, 2.45) is 0 Å². The molecular weight excluding hydrogens is 328 g/mol. The van der Waals surface area contributed by atoms with Gasteiger partial charge in [0.05, 0.1) is 16.0 Å². The maximum atomic E-state index is 12.4. The van der Waals surface area contributed by atoms with Crippen molar-refractivity contribution in [2.75, 3.05) is 5.73 Å². The summed E-state index contributed by atoms with van der Waals surface area (Å²) in [5.74, 6) is -0.0775. The lowest BCUT2D eigenvalue weighted by Crippen LogP contribution is -2.01. The van der Waals surface area contributed by atoms with Gasteiger partial charge in [-0.2, -0.15) is 0 Å². The Balaban J connectivity index is 2.18. The number of nitrogens with zero attached hydrogens (tertiary/aromatic N) is 1. The molecule has 6 heteroatoms. The third-order valence-electron chi connectivity index (χ3n) is 2.76. The molecule has 3 heterocycles. The Bertz CT molecular complexity index is 791. The van der Waals surface area contributed by atoms with Crippen molar-refractivity contribution in [3.63, 3.8) is 0 Å². The minimum atomic E-state index is -0.227. The lowest BCUT2D eigenvalue weighted by Gasteiger charge is -1.95. The van der Waals surface area contributed by atoms with Crippen LogP contribution >= 0.6 is 27.3 Å². The molecule has 0 fully saturated rings. The number of hydrogen-bond acceptors (Lipinski definition) is 5. The zero-order valence-electron chi connectivity index (χ0n) is 9.94. The van der Waals surface area contributed by atoms with Gasteiger partial charge in [0, 0.05) is 10.2 Å². The minimum Gasteiger partial charge on any atom is -0.432 e. The second kappa shape index (κ2) is 4.47. The molecule has 0 saturated carbocycles. The van der Waals surface area contributed by atoms with Gasteiger partial charge >= 0.3 is 0 Å². The van der Waals surface area contributed by atoms with Crippen molar-refractivity contribution >= 4 is 49.8 Å². The van der Waals surface area contributed by atoms with Crippen molar-refractivity contribution in [1.82, 2.24) is 4.98 Å². The molecule has 0 bridgehead atoms. The Hall–Kier alpha value is -1.66. The molecule has 3 aromatic heterocycles. The molecule has 0 unspecified atom stereocenters. The summed E-state index contributed by atoms with van der Waals surface area (Å²) < 4.78 is 6.26. The van der Waals surface area contributed by atoms with Crippen molar-refractivity contribution in [1.29, 1.82) is 0 Å². The topological polar surface area (TPSA) is 69.1 Å². The Labute approximate surface area is 121 Å². The lowest BCUT2D eigenvalue weighted by molar-refractivity contribution is 0.101. The largest absolute Gasteiger partial charge is 0.432 e. The van der Waals surface area contributed by atoms with Crippen LogP contribution in [0.3, 0.4) is 0 Å². The van der Waals surface area contributed by atoms with Gasteiger partial charge < -0.3 is 10.2 Å². The van der Waals surface area contributed by atoms with Crippen LogP contribution in [-0.4, -0.2) is 10.8 Å². The zero-order chi connectivity index (χ0) is 13.6. The number of nitrogens with two attached hydrogens (primary N) is 1. The van der Waals surface area contributed by atoms with E-state index in [9.17, 15) is 4.79 Å². The molecular formula is C13H9BrN2O2S. The fourth-order valence-electron chi connectivity index (χ4n) is 1.82. The van der Waals surface area contributed by atoms with Gasteiger partial charge in [0.1, 0.15) is 0 Å².